The van der Waals surface area contributed by atoms with Crippen LogP contribution in [0.15, 0.2) is 18.2 Å². The second-order valence-corrected chi connectivity index (χ2v) is 4.41. The highest BCUT2D eigenvalue weighted by atomic mass is 16.5. The zero-order valence-electron chi connectivity index (χ0n) is 8.76. The lowest BCUT2D eigenvalue weighted by Crippen LogP contribution is -2.36. The van der Waals surface area contributed by atoms with Crippen molar-refractivity contribution < 1.29 is 9.53 Å². The highest BCUT2D eigenvalue weighted by Gasteiger charge is 2.32. The van der Waals surface area contributed by atoms with Crippen molar-refractivity contribution in [3.63, 3.8) is 0 Å². The van der Waals surface area contributed by atoms with Crippen LogP contribution in [0.3, 0.4) is 0 Å². The largest absolute Gasteiger partial charge is 0.487 e. The molecule has 0 fully saturated rings. The van der Waals surface area contributed by atoms with E-state index in [2.05, 4.69) is 0 Å². The summed E-state index contributed by atoms with van der Waals surface area (Å²) in [5.41, 5.74) is 1.40. The molecule has 0 saturated carbocycles. The standard InChI is InChI=1S/C12H14O2/c1-8-5-4-6-10-11(8)9(13)7-12(2,3)14-10/h4-6H,7H2,1-3H3. The van der Waals surface area contributed by atoms with Crippen molar-refractivity contribution in [2.24, 2.45) is 0 Å². The van der Waals surface area contributed by atoms with Gasteiger partial charge in [0, 0.05) is 0 Å². The summed E-state index contributed by atoms with van der Waals surface area (Å²) in [7, 11) is 0. The minimum atomic E-state index is -0.363. The molecule has 0 atom stereocenters. The van der Waals surface area contributed by atoms with Gasteiger partial charge in [0.05, 0.1) is 12.0 Å². The van der Waals surface area contributed by atoms with Gasteiger partial charge >= 0.3 is 0 Å². The molecule has 0 aromatic heterocycles. The third-order valence-corrected chi connectivity index (χ3v) is 2.49. The summed E-state index contributed by atoms with van der Waals surface area (Å²) in [5, 5.41) is 0. The van der Waals surface area contributed by atoms with Crippen molar-refractivity contribution >= 4 is 5.78 Å². The Kier molecular flexibility index (Phi) is 1.88. The molecule has 0 unspecified atom stereocenters. The second kappa shape index (κ2) is 2.84. The molecule has 74 valence electrons. The first-order chi connectivity index (χ1) is 6.49. The molecule has 0 N–H and O–H groups in total. The van der Waals surface area contributed by atoms with Gasteiger partial charge in [-0.15, -0.1) is 0 Å². The van der Waals surface area contributed by atoms with Crippen molar-refractivity contribution in [2.75, 3.05) is 0 Å². The molecule has 1 aliphatic heterocycles. The third-order valence-electron chi connectivity index (χ3n) is 2.49. The van der Waals surface area contributed by atoms with E-state index >= 15 is 0 Å². The number of hydrogen-bond acceptors (Lipinski definition) is 2. The average Bonchev–Trinajstić information content (AvgIpc) is 2.00. The van der Waals surface area contributed by atoms with Crippen molar-refractivity contribution in [1.29, 1.82) is 0 Å². The van der Waals surface area contributed by atoms with Crippen molar-refractivity contribution in [2.45, 2.75) is 32.8 Å². The van der Waals surface area contributed by atoms with Gasteiger partial charge in [0.2, 0.25) is 0 Å². The van der Waals surface area contributed by atoms with Crippen LogP contribution >= 0.6 is 0 Å². The van der Waals surface area contributed by atoms with E-state index in [4.69, 9.17) is 4.74 Å². The van der Waals surface area contributed by atoms with Gasteiger partial charge in [-0.3, -0.25) is 4.79 Å². The van der Waals surface area contributed by atoms with Gasteiger partial charge in [-0.2, -0.15) is 0 Å². The Labute approximate surface area is 83.9 Å². The number of carbonyl (C=O) groups is 1. The Morgan fingerprint density at radius 2 is 2.07 bits per heavy atom. The van der Waals surface area contributed by atoms with E-state index in [0.717, 1.165) is 16.9 Å². The summed E-state index contributed by atoms with van der Waals surface area (Å²) in [6, 6.07) is 5.72. The van der Waals surface area contributed by atoms with Crippen LogP contribution in [0.5, 0.6) is 5.75 Å². The van der Waals surface area contributed by atoms with E-state index in [-0.39, 0.29) is 11.4 Å². The number of rotatable bonds is 0. The summed E-state index contributed by atoms with van der Waals surface area (Å²) in [4.78, 5) is 11.8. The molecule has 14 heavy (non-hydrogen) atoms. The summed E-state index contributed by atoms with van der Waals surface area (Å²) in [5.74, 6) is 0.917. The van der Waals surface area contributed by atoms with Gasteiger partial charge in [-0.25, -0.2) is 0 Å². The average molecular weight is 190 g/mol. The molecule has 0 spiro atoms. The molecule has 2 heteroatoms. The Morgan fingerprint density at radius 1 is 1.36 bits per heavy atom. The molecule has 0 bridgehead atoms. The highest BCUT2D eigenvalue weighted by molar-refractivity contribution is 6.01. The Balaban J connectivity index is 2.56. The molecule has 0 saturated heterocycles. The summed E-state index contributed by atoms with van der Waals surface area (Å²) < 4.78 is 5.75. The van der Waals surface area contributed by atoms with Gasteiger partial charge in [-0.1, -0.05) is 12.1 Å². The van der Waals surface area contributed by atoms with E-state index < -0.39 is 0 Å². The molecule has 0 amide bonds. The minimum Gasteiger partial charge on any atom is -0.487 e. The maximum Gasteiger partial charge on any atom is 0.170 e. The molecule has 2 rings (SSSR count). The van der Waals surface area contributed by atoms with Gasteiger partial charge < -0.3 is 4.74 Å². The lowest BCUT2D eigenvalue weighted by atomic mass is 9.91. The van der Waals surface area contributed by atoms with Crippen LogP contribution in [-0.2, 0) is 0 Å². The fourth-order valence-corrected chi connectivity index (χ4v) is 1.89. The Bertz CT molecular complexity index is 391. The van der Waals surface area contributed by atoms with E-state index in [1.54, 1.807) is 0 Å². The fourth-order valence-electron chi connectivity index (χ4n) is 1.89. The molecule has 1 heterocycles. The predicted molar refractivity (Wildman–Crippen MR) is 54.8 cm³/mol. The molecular weight excluding hydrogens is 176 g/mol. The van der Waals surface area contributed by atoms with Crippen LogP contribution in [0.4, 0.5) is 0 Å². The van der Waals surface area contributed by atoms with Gasteiger partial charge in [0.1, 0.15) is 11.4 Å². The Morgan fingerprint density at radius 3 is 2.79 bits per heavy atom. The van der Waals surface area contributed by atoms with E-state index in [9.17, 15) is 4.79 Å². The minimum absolute atomic E-state index is 0.189. The molecule has 1 aliphatic rings. The van der Waals surface area contributed by atoms with Crippen LogP contribution < -0.4 is 4.74 Å². The molecule has 0 radical (unpaired) electrons. The lowest BCUT2D eigenvalue weighted by Gasteiger charge is -2.32. The fraction of sp³-hybridized carbons (Fsp3) is 0.417. The van der Waals surface area contributed by atoms with Crippen LogP contribution in [0.25, 0.3) is 0 Å². The van der Waals surface area contributed by atoms with E-state index in [1.165, 1.54) is 0 Å². The van der Waals surface area contributed by atoms with Crippen LogP contribution in [0.1, 0.15) is 36.2 Å². The third kappa shape index (κ3) is 1.41. The van der Waals surface area contributed by atoms with E-state index in [0.29, 0.717) is 6.42 Å². The number of aryl methyl sites for hydroxylation is 1. The van der Waals surface area contributed by atoms with E-state index in [1.807, 2.05) is 39.0 Å². The number of benzene rings is 1. The smallest absolute Gasteiger partial charge is 0.170 e. The van der Waals surface area contributed by atoms with Crippen molar-refractivity contribution in [3.05, 3.63) is 29.3 Å². The number of ether oxygens (including phenoxy) is 1. The monoisotopic (exact) mass is 190 g/mol. The highest BCUT2D eigenvalue weighted by Crippen LogP contribution is 2.34. The SMILES string of the molecule is Cc1cccc2c1C(=O)CC(C)(C)O2. The molecule has 1 aromatic rings. The van der Waals surface area contributed by atoms with Gasteiger partial charge in [0.15, 0.2) is 5.78 Å². The second-order valence-electron chi connectivity index (χ2n) is 4.41. The molecule has 1 aromatic carbocycles. The maximum atomic E-state index is 11.8. The normalized spacial score (nSPS) is 18.6. The molecule has 2 nitrogen and oxygen atoms in total. The van der Waals surface area contributed by atoms with Crippen molar-refractivity contribution in [1.82, 2.24) is 0 Å². The zero-order valence-corrected chi connectivity index (χ0v) is 8.76. The topological polar surface area (TPSA) is 26.3 Å². The number of fused-ring (bicyclic) bond motifs is 1. The van der Waals surface area contributed by atoms with Crippen molar-refractivity contribution in [3.8, 4) is 5.75 Å². The molecule has 0 aliphatic carbocycles. The summed E-state index contributed by atoms with van der Waals surface area (Å²) >= 11 is 0. The lowest BCUT2D eigenvalue weighted by molar-refractivity contribution is 0.0619. The van der Waals surface area contributed by atoms with Crippen LogP contribution in [0, 0.1) is 6.92 Å². The summed E-state index contributed by atoms with van der Waals surface area (Å²) in [6.45, 7) is 5.82. The van der Waals surface area contributed by atoms with Crippen LogP contribution in [-0.4, -0.2) is 11.4 Å². The quantitative estimate of drug-likeness (QED) is 0.628. The molecular formula is C12H14O2. The number of hydrogen-bond donors (Lipinski definition) is 0. The van der Waals surface area contributed by atoms with Gasteiger partial charge in [-0.05, 0) is 32.4 Å². The maximum absolute atomic E-state index is 11.8. The Hall–Kier alpha value is -1.31. The van der Waals surface area contributed by atoms with Crippen LogP contribution in [0.2, 0.25) is 0 Å². The number of Topliss-reactive ketones (excluding diaryl/α,β-unsaturated/α-hetero) is 1. The van der Waals surface area contributed by atoms with Gasteiger partial charge in [0.25, 0.3) is 0 Å². The number of ketones is 1. The first-order valence-corrected chi connectivity index (χ1v) is 4.81. The first-order valence-electron chi connectivity index (χ1n) is 4.81. The predicted octanol–water partition coefficient (Wildman–Crippen LogP) is 2.74. The first kappa shape index (κ1) is 9.25. The summed E-state index contributed by atoms with van der Waals surface area (Å²) in [6.07, 6.45) is 0.463. The number of carbonyl (C=O) groups excluding carboxylic acids is 1. The zero-order chi connectivity index (χ0) is 10.3.